The molecule has 0 aromatic heterocycles. The molecule has 1 atom stereocenters. The fraction of sp³-hybridized carbons (Fsp3) is 0.682. The van der Waals surface area contributed by atoms with Gasteiger partial charge in [0.15, 0.2) is 5.96 Å². The summed E-state index contributed by atoms with van der Waals surface area (Å²) in [5.41, 5.74) is 1.24. The number of likely N-dealkylation sites (tertiary alicyclic amines) is 1. The molecule has 1 aliphatic rings. The summed E-state index contributed by atoms with van der Waals surface area (Å²) in [5.74, 6) is 1.63. The van der Waals surface area contributed by atoms with Crippen LogP contribution in [-0.4, -0.2) is 68.7 Å². The lowest BCUT2D eigenvalue weighted by molar-refractivity contribution is 0.0907. The number of aliphatic imine (C=N–C) groups is 1. The quantitative estimate of drug-likeness (QED) is 0.388. The van der Waals surface area contributed by atoms with Crippen molar-refractivity contribution in [1.82, 2.24) is 15.1 Å². The summed E-state index contributed by atoms with van der Waals surface area (Å²) in [7, 11) is 4.08. The number of benzene rings is 1. The first-order chi connectivity index (χ1) is 13.1. The van der Waals surface area contributed by atoms with Crippen LogP contribution in [0.5, 0.6) is 0 Å². The van der Waals surface area contributed by atoms with E-state index in [1.807, 2.05) is 13.1 Å². The average Bonchev–Trinajstić information content (AvgIpc) is 3.14. The molecule has 1 aromatic carbocycles. The van der Waals surface area contributed by atoms with Gasteiger partial charge >= 0.3 is 0 Å². The lowest BCUT2D eigenvalue weighted by Gasteiger charge is -2.23. The zero-order chi connectivity index (χ0) is 19.5. The maximum atomic E-state index is 5.93. The van der Waals surface area contributed by atoms with Crippen LogP contribution < -0.4 is 5.32 Å². The Bertz CT molecular complexity index is 547. The maximum absolute atomic E-state index is 5.93. The molecule has 1 unspecified atom stereocenters. The van der Waals surface area contributed by atoms with Gasteiger partial charge in [-0.1, -0.05) is 30.3 Å². The lowest BCUT2D eigenvalue weighted by atomic mass is 10.1. The van der Waals surface area contributed by atoms with Crippen molar-refractivity contribution in [2.75, 3.05) is 46.9 Å². The van der Waals surface area contributed by atoms with Crippen LogP contribution in [0.4, 0.5) is 0 Å². The largest absolute Gasteiger partial charge is 0.376 e. The van der Waals surface area contributed by atoms with E-state index in [4.69, 9.17) is 4.74 Å². The molecular weight excluding hydrogens is 336 g/mol. The topological polar surface area (TPSA) is 40.1 Å². The number of ether oxygens (including phenoxy) is 1. The van der Waals surface area contributed by atoms with Gasteiger partial charge in [0.25, 0.3) is 0 Å². The molecule has 1 N–H and O–H groups in total. The van der Waals surface area contributed by atoms with Crippen molar-refractivity contribution in [2.45, 2.75) is 45.8 Å². The Morgan fingerprint density at radius 3 is 2.78 bits per heavy atom. The average molecular weight is 375 g/mol. The molecule has 0 amide bonds. The van der Waals surface area contributed by atoms with Crippen LogP contribution in [0.1, 0.15) is 38.7 Å². The summed E-state index contributed by atoms with van der Waals surface area (Å²) in [4.78, 5) is 9.24. The normalized spacial score (nSPS) is 17.9. The Morgan fingerprint density at radius 2 is 2.07 bits per heavy atom. The minimum Gasteiger partial charge on any atom is -0.376 e. The first kappa shape index (κ1) is 21.7. The summed E-state index contributed by atoms with van der Waals surface area (Å²) >= 11 is 0. The Hall–Kier alpha value is -1.59. The molecule has 0 spiro atoms. The van der Waals surface area contributed by atoms with Crippen LogP contribution in [-0.2, 0) is 11.3 Å². The van der Waals surface area contributed by atoms with Crippen LogP contribution in [0.15, 0.2) is 35.3 Å². The van der Waals surface area contributed by atoms with E-state index >= 15 is 0 Å². The molecule has 5 nitrogen and oxygen atoms in total. The minimum atomic E-state index is 0.590. The van der Waals surface area contributed by atoms with Gasteiger partial charge < -0.3 is 19.9 Å². The highest BCUT2D eigenvalue weighted by molar-refractivity contribution is 5.80. The Balaban J connectivity index is 1.60. The molecule has 0 bridgehead atoms. The predicted molar refractivity (Wildman–Crippen MR) is 114 cm³/mol. The Labute approximate surface area is 165 Å². The van der Waals surface area contributed by atoms with Gasteiger partial charge in [0.05, 0.1) is 13.2 Å². The highest BCUT2D eigenvalue weighted by Crippen LogP contribution is 2.17. The third-order valence-electron chi connectivity index (χ3n) is 5.36. The summed E-state index contributed by atoms with van der Waals surface area (Å²) < 4.78 is 5.93. The maximum Gasteiger partial charge on any atom is 0.193 e. The zero-order valence-electron chi connectivity index (χ0n) is 17.7. The molecule has 1 aliphatic heterocycles. The third-order valence-corrected chi connectivity index (χ3v) is 5.36. The van der Waals surface area contributed by atoms with E-state index in [-0.39, 0.29) is 0 Å². The highest BCUT2D eigenvalue weighted by Gasteiger charge is 2.24. The number of rotatable bonds is 10. The molecule has 1 saturated heterocycles. The van der Waals surface area contributed by atoms with Crippen molar-refractivity contribution in [3.05, 3.63) is 35.9 Å². The Kier molecular flexibility index (Phi) is 9.64. The molecule has 5 heteroatoms. The predicted octanol–water partition coefficient (Wildman–Crippen LogP) is 3.22. The first-order valence-corrected chi connectivity index (χ1v) is 10.4. The van der Waals surface area contributed by atoms with Crippen molar-refractivity contribution in [2.24, 2.45) is 10.9 Å². The molecule has 1 aromatic rings. The van der Waals surface area contributed by atoms with Crippen LogP contribution in [0.25, 0.3) is 0 Å². The van der Waals surface area contributed by atoms with Gasteiger partial charge in [0, 0.05) is 38.6 Å². The van der Waals surface area contributed by atoms with E-state index in [0.29, 0.717) is 18.6 Å². The molecule has 0 radical (unpaired) electrons. The third kappa shape index (κ3) is 7.89. The number of guanidine groups is 1. The van der Waals surface area contributed by atoms with Crippen molar-refractivity contribution < 1.29 is 4.74 Å². The van der Waals surface area contributed by atoms with Gasteiger partial charge in [-0.05, 0) is 52.3 Å². The van der Waals surface area contributed by atoms with Crippen molar-refractivity contribution in [3.8, 4) is 0 Å². The summed E-state index contributed by atoms with van der Waals surface area (Å²) in [6, 6.07) is 11.0. The second-order valence-corrected chi connectivity index (χ2v) is 7.86. The minimum absolute atomic E-state index is 0.590. The van der Waals surface area contributed by atoms with E-state index in [1.165, 1.54) is 24.8 Å². The van der Waals surface area contributed by atoms with E-state index < -0.39 is 0 Å². The molecular formula is C22H38N4O. The molecule has 2 rings (SSSR count). The van der Waals surface area contributed by atoms with E-state index in [1.54, 1.807) is 0 Å². The fourth-order valence-corrected chi connectivity index (χ4v) is 3.36. The van der Waals surface area contributed by atoms with E-state index in [9.17, 15) is 0 Å². The van der Waals surface area contributed by atoms with E-state index in [0.717, 1.165) is 38.7 Å². The lowest BCUT2D eigenvalue weighted by Crippen LogP contribution is -2.40. The fourth-order valence-electron chi connectivity index (χ4n) is 3.36. The number of hydrogen-bond donors (Lipinski definition) is 1. The number of nitrogens with one attached hydrogen (secondary N) is 1. The molecule has 0 aliphatic carbocycles. The number of nitrogens with zero attached hydrogens (tertiary/aromatic N) is 3. The highest BCUT2D eigenvalue weighted by atomic mass is 16.5. The summed E-state index contributed by atoms with van der Waals surface area (Å²) in [6.07, 6.45) is 3.57. The molecule has 152 valence electrons. The van der Waals surface area contributed by atoms with Crippen molar-refractivity contribution in [3.63, 3.8) is 0 Å². The van der Waals surface area contributed by atoms with Crippen LogP contribution in [0.3, 0.4) is 0 Å². The monoisotopic (exact) mass is 374 g/mol. The number of hydrogen-bond acceptors (Lipinski definition) is 3. The zero-order valence-corrected chi connectivity index (χ0v) is 17.7. The van der Waals surface area contributed by atoms with Crippen LogP contribution >= 0.6 is 0 Å². The van der Waals surface area contributed by atoms with Crippen molar-refractivity contribution >= 4 is 5.96 Å². The van der Waals surface area contributed by atoms with E-state index in [2.05, 4.69) is 65.3 Å². The van der Waals surface area contributed by atoms with Crippen LogP contribution in [0, 0.1) is 5.92 Å². The van der Waals surface area contributed by atoms with Gasteiger partial charge in [-0.25, -0.2) is 0 Å². The summed E-state index contributed by atoms with van der Waals surface area (Å²) in [6.45, 7) is 10.3. The molecule has 27 heavy (non-hydrogen) atoms. The summed E-state index contributed by atoms with van der Waals surface area (Å²) in [5, 5.41) is 3.53. The Morgan fingerprint density at radius 1 is 1.30 bits per heavy atom. The second-order valence-electron chi connectivity index (χ2n) is 7.86. The standard InChI is InChI=1S/C22H38N4O/c1-19(2)25(4)14-9-8-13-24-22(23-3)26-15-12-21(16-26)18-27-17-20-10-6-5-7-11-20/h5-7,10-11,19,21H,8-9,12-18H2,1-4H3,(H,23,24). The number of unbranched alkanes of at least 4 members (excludes halogenated alkanes) is 1. The molecule has 1 fully saturated rings. The molecule has 0 saturated carbocycles. The van der Waals surface area contributed by atoms with Gasteiger partial charge in [-0.2, -0.15) is 0 Å². The smallest absolute Gasteiger partial charge is 0.193 e. The van der Waals surface area contributed by atoms with Gasteiger partial charge in [0.1, 0.15) is 0 Å². The van der Waals surface area contributed by atoms with Crippen molar-refractivity contribution in [1.29, 1.82) is 0 Å². The SMILES string of the molecule is CN=C(NCCCCN(C)C(C)C)N1CCC(COCc2ccccc2)C1. The molecule has 1 heterocycles. The second kappa shape index (κ2) is 12.0. The van der Waals surface area contributed by atoms with Crippen LogP contribution in [0.2, 0.25) is 0 Å². The van der Waals surface area contributed by atoms with Gasteiger partial charge in [-0.3, -0.25) is 4.99 Å². The van der Waals surface area contributed by atoms with Gasteiger partial charge in [0.2, 0.25) is 0 Å². The first-order valence-electron chi connectivity index (χ1n) is 10.4. The van der Waals surface area contributed by atoms with Gasteiger partial charge in [-0.15, -0.1) is 0 Å².